The van der Waals surface area contributed by atoms with Crippen LogP contribution in [0.4, 0.5) is 0 Å². The number of aromatic amines is 1. The van der Waals surface area contributed by atoms with Gasteiger partial charge < -0.3 is 4.57 Å². The number of rotatable bonds is 6. The number of nitrogens with one attached hydrogen (secondary N) is 1. The summed E-state index contributed by atoms with van der Waals surface area (Å²) in [4.78, 5) is 10.8. The van der Waals surface area contributed by atoms with Crippen LogP contribution in [0.3, 0.4) is 0 Å². The maximum Gasteiger partial charge on any atom is 0.198 e. The Hall–Kier alpha value is -3.65. The average molecular weight is 442 g/mol. The lowest BCUT2D eigenvalue weighted by Gasteiger charge is -2.10. The van der Waals surface area contributed by atoms with E-state index < -0.39 is 0 Å². The van der Waals surface area contributed by atoms with Crippen LogP contribution in [0, 0.1) is 13.8 Å². The summed E-state index contributed by atoms with van der Waals surface area (Å²) in [5.74, 6) is 1.62. The van der Waals surface area contributed by atoms with Crippen LogP contribution in [0.1, 0.15) is 45.8 Å². The fourth-order valence-electron chi connectivity index (χ4n) is 3.94. The van der Waals surface area contributed by atoms with Crippen LogP contribution in [0.25, 0.3) is 22.8 Å². The van der Waals surface area contributed by atoms with E-state index in [1.807, 2.05) is 19.1 Å². The standard InChI is InChI=1S/C24H23N7S/c1-4-22-26-23-15(2)12-16(3)25-24(23)31(22)14-17-7-9-18(10-8-17)19(20-6-5-11-32-20)13-21-27-29-30-28-21/h5-13H,4,14H2,1-3H3,(H,27,28,29,30). The van der Waals surface area contributed by atoms with Gasteiger partial charge in [-0.2, -0.15) is 5.21 Å². The van der Waals surface area contributed by atoms with E-state index in [-0.39, 0.29) is 0 Å². The van der Waals surface area contributed by atoms with Gasteiger partial charge in [0.25, 0.3) is 0 Å². The summed E-state index contributed by atoms with van der Waals surface area (Å²) in [5.41, 5.74) is 7.52. The molecular weight excluding hydrogens is 418 g/mol. The zero-order chi connectivity index (χ0) is 22.1. The molecule has 0 saturated heterocycles. The molecule has 4 aromatic heterocycles. The van der Waals surface area contributed by atoms with Crippen LogP contribution in [-0.2, 0) is 13.0 Å². The topological polar surface area (TPSA) is 85.2 Å². The Kier molecular flexibility index (Phi) is 5.36. The molecule has 0 unspecified atom stereocenters. The third kappa shape index (κ3) is 3.85. The number of hydrogen-bond donors (Lipinski definition) is 1. The molecule has 0 aliphatic carbocycles. The molecule has 0 atom stereocenters. The average Bonchev–Trinajstić information content (AvgIpc) is 3.55. The Morgan fingerprint density at radius 1 is 1.12 bits per heavy atom. The Balaban J connectivity index is 1.50. The van der Waals surface area contributed by atoms with Gasteiger partial charge in [-0.3, -0.25) is 0 Å². The zero-order valence-corrected chi connectivity index (χ0v) is 19.0. The summed E-state index contributed by atoms with van der Waals surface area (Å²) >= 11 is 1.69. The fourth-order valence-corrected chi connectivity index (χ4v) is 4.71. The molecule has 0 radical (unpaired) electrons. The molecule has 4 heterocycles. The molecule has 0 aliphatic rings. The molecule has 0 amide bonds. The van der Waals surface area contributed by atoms with E-state index in [0.29, 0.717) is 5.82 Å². The van der Waals surface area contributed by atoms with E-state index in [2.05, 4.69) is 80.8 Å². The summed E-state index contributed by atoms with van der Waals surface area (Å²) < 4.78 is 2.24. The summed E-state index contributed by atoms with van der Waals surface area (Å²) in [5, 5.41) is 16.4. The van der Waals surface area contributed by atoms with E-state index in [1.165, 1.54) is 11.1 Å². The quantitative estimate of drug-likeness (QED) is 0.408. The van der Waals surface area contributed by atoms with Crippen molar-refractivity contribution in [2.75, 3.05) is 0 Å². The summed E-state index contributed by atoms with van der Waals surface area (Å²) in [6, 6.07) is 14.9. The van der Waals surface area contributed by atoms with E-state index in [9.17, 15) is 0 Å². The molecule has 160 valence electrons. The van der Waals surface area contributed by atoms with Crippen LogP contribution in [0.2, 0.25) is 0 Å². The molecule has 0 spiro atoms. The minimum Gasteiger partial charge on any atom is -0.308 e. The predicted molar refractivity (Wildman–Crippen MR) is 127 cm³/mol. The second-order valence-corrected chi connectivity index (χ2v) is 8.67. The van der Waals surface area contributed by atoms with E-state index in [1.54, 1.807) is 11.3 Å². The van der Waals surface area contributed by atoms with E-state index >= 15 is 0 Å². The monoisotopic (exact) mass is 441 g/mol. The van der Waals surface area contributed by atoms with Crippen molar-refractivity contribution in [3.05, 3.63) is 86.8 Å². The Morgan fingerprint density at radius 3 is 2.66 bits per heavy atom. The van der Waals surface area contributed by atoms with Crippen LogP contribution in [0.15, 0.2) is 47.8 Å². The first-order valence-electron chi connectivity index (χ1n) is 10.5. The highest BCUT2D eigenvalue weighted by atomic mass is 32.1. The van der Waals surface area contributed by atoms with Crippen molar-refractivity contribution in [1.82, 2.24) is 35.2 Å². The third-order valence-electron chi connectivity index (χ3n) is 5.44. The number of thiophene rings is 1. The first-order valence-corrected chi connectivity index (χ1v) is 11.4. The van der Waals surface area contributed by atoms with Crippen LogP contribution < -0.4 is 0 Å². The van der Waals surface area contributed by atoms with Crippen LogP contribution in [0.5, 0.6) is 0 Å². The number of hydrogen-bond acceptors (Lipinski definition) is 6. The van der Waals surface area contributed by atoms with Crippen molar-refractivity contribution in [3.63, 3.8) is 0 Å². The largest absolute Gasteiger partial charge is 0.308 e. The number of aryl methyl sites for hydroxylation is 3. The minimum atomic E-state index is 0.562. The number of fused-ring (bicyclic) bond motifs is 1. The van der Waals surface area contributed by atoms with Gasteiger partial charge in [-0.15, -0.1) is 21.5 Å². The molecule has 1 N–H and O–H groups in total. The van der Waals surface area contributed by atoms with Gasteiger partial charge in [0, 0.05) is 22.6 Å². The van der Waals surface area contributed by atoms with Crippen molar-refractivity contribution >= 4 is 34.1 Å². The fraction of sp³-hybridized carbons (Fsp3) is 0.208. The lowest BCUT2D eigenvalue weighted by atomic mass is 10.0. The summed E-state index contributed by atoms with van der Waals surface area (Å²) in [6.45, 7) is 7.01. The molecule has 7 nitrogen and oxygen atoms in total. The van der Waals surface area contributed by atoms with Gasteiger partial charge >= 0.3 is 0 Å². The lowest BCUT2D eigenvalue weighted by molar-refractivity contribution is 0.745. The summed E-state index contributed by atoms with van der Waals surface area (Å²) in [7, 11) is 0. The number of H-pyrrole nitrogens is 1. The second-order valence-electron chi connectivity index (χ2n) is 7.72. The van der Waals surface area contributed by atoms with E-state index in [0.717, 1.165) is 51.7 Å². The minimum absolute atomic E-state index is 0.562. The number of tetrazole rings is 1. The van der Waals surface area contributed by atoms with Crippen molar-refractivity contribution in [2.45, 2.75) is 33.7 Å². The SMILES string of the molecule is CCc1nc2c(C)cc(C)nc2n1Cc1ccc(C(=Cc2nn[nH]n2)c2cccs2)cc1. The molecule has 0 fully saturated rings. The molecule has 0 bridgehead atoms. The van der Waals surface area contributed by atoms with Crippen molar-refractivity contribution in [3.8, 4) is 0 Å². The normalized spacial score (nSPS) is 12.0. The maximum atomic E-state index is 4.86. The molecule has 0 saturated carbocycles. The Labute approximate surface area is 189 Å². The van der Waals surface area contributed by atoms with Crippen LogP contribution in [-0.4, -0.2) is 35.2 Å². The maximum absolute atomic E-state index is 4.86. The number of benzene rings is 1. The van der Waals surface area contributed by atoms with Gasteiger partial charge in [-0.05, 0) is 59.3 Å². The molecule has 32 heavy (non-hydrogen) atoms. The first kappa shape index (κ1) is 20.3. The predicted octanol–water partition coefficient (Wildman–Crippen LogP) is 4.82. The molecular formula is C24H23N7S. The second kappa shape index (κ2) is 8.47. The Bertz CT molecular complexity index is 1380. The van der Waals surface area contributed by atoms with Crippen LogP contribution >= 0.6 is 11.3 Å². The molecule has 8 heteroatoms. The Morgan fingerprint density at radius 2 is 1.97 bits per heavy atom. The molecule has 0 aliphatic heterocycles. The molecule has 1 aromatic carbocycles. The highest BCUT2D eigenvalue weighted by Gasteiger charge is 2.14. The lowest BCUT2D eigenvalue weighted by Crippen LogP contribution is -2.05. The number of imidazole rings is 1. The van der Waals surface area contributed by atoms with Gasteiger partial charge in [-0.1, -0.05) is 37.3 Å². The molecule has 5 aromatic rings. The van der Waals surface area contributed by atoms with Gasteiger partial charge in [0.1, 0.15) is 11.3 Å². The van der Waals surface area contributed by atoms with Gasteiger partial charge in [0.05, 0.1) is 6.54 Å². The number of nitrogens with zero attached hydrogens (tertiary/aromatic N) is 6. The smallest absolute Gasteiger partial charge is 0.198 e. The van der Waals surface area contributed by atoms with Crippen molar-refractivity contribution in [2.24, 2.45) is 0 Å². The van der Waals surface area contributed by atoms with E-state index in [4.69, 9.17) is 9.97 Å². The van der Waals surface area contributed by atoms with Gasteiger partial charge in [0.15, 0.2) is 11.5 Å². The summed E-state index contributed by atoms with van der Waals surface area (Å²) in [6.07, 6.45) is 2.82. The van der Waals surface area contributed by atoms with Crippen molar-refractivity contribution < 1.29 is 0 Å². The number of pyridine rings is 1. The first-order chi connectivity index (χ1) is 15.6. The highest BCUT2D eigenvalue weighted by Crippen LogP contribution is 2.29. The van der Waals surface area contributed by atoms with Crippen molar-refractivity contribution in [1.29, 1.82) is 0 Å². The highest BCUT2D eigenvalue weighted by molar-refractivity contribution is 7.11. The third-order valence-corrected chi connectivity index (χ3v) is 6.35. The zero-order valence-electron chi connectivity index (χ0n) is 18.2. The molecule has 5 rings (SSSR count). The van der Waals surface area contributed by atoms with Gasteiger partial charge in [-0.25, -0.2) is 9.97 Å². The van der Waals surface area contributed by atoms with Gasteiger partial charge in [0.2, 0.25) is 0 Å². The number of aromatic nitrogens is 7.